The Morgan fingerprint density at radius 2 is 1.77 bits per heavy atom. The van der Waals surface area contributed by atoms with E-state index in [4.69, 9.17) is 18.7 Å². The molecule has 0 saturated carbocycles. The highest BCUT2D eigenvalue weighted by atomic mass is 19.1. The molecule has 164 valence electrons. The van der Waals surface area contributed by atoms with E-state index in [0.717, 1.165) is 5.56 Å². The van der Waals surface area contributed by atoms with E-state index in [1.54, 1.807) is 32.2 Å². The number of carbonyl (C=O) groups excluding carboxylic acids is 1. The van der Waals surface area contributed by atoms with Gasteiger partial charge in [-0.25, -0.2) is 4.39 Å². The van der Waals surface area contributed by atoms with Gasteiger partial charge in [-0.3, -0.25) is 4.79 Å². The van der Waals surface area contributed by atoms with E-state index in [1.165, 1.54) is 26.4 Å². The first-order chi connectivity index (χ1) is 15.0. The molecule has 1 N–H and O–H groups in total. The van der Waals surface area contributed by atoms with E-state index in [-0.39, 0.29) is 24.0 Å². The third-order valence-electron chi connectivity index (χ3n) is 4.70. The van der Waals surface area contributed by atoms with Gasteiger partial charge in [0.25, 0.3) is 0 Å². The Kier molecular flexibility index (Phi) is 7.07. The van der Waals surface area contributed by atoms with Crippen LogP contribution in [0, 0.1) is 5.82 Å². The van der Waals surface area contributed by atoms with Crippen LogP contribution in [0.1, 0.15) is 30.8 Å². The van der Waals surface area contributed by atoms with E-state index in [9.17, 15) is 9.18 Å². The van der Waals surface area contributed by atoms with Crippen molar-refractivity contribution in [3.63, 3.8) is 0 Å². The number of aromatic nitrogens is 2. The fourth-order valence-electron chi connectivity index (χ4n) is 3.11. The number of amides is 1. The van der Waals surface area contributed by atoms with Crippen molar-refractivity contribution in [2.45, 2.75) is 25.8 Å². The minimum absolute atomic E-state index is 0.189. The first-order valence-electron chi connectivity index (χ1n) is 9.63. The van der Waals surface area contributed by atoms with Gasteiger partial charge in [0, 0.05) is 12.0 Å². The van der Waals surface area contributed by atoms with Crippen molar-refractivity contribution >= 4 is 5.91 Å². The monoisotopic (exact) mass is 429 g/mol. The summed E-state index contributed by atoms with van der Waals surface area (Å²) in [5, 5.41) is 6.73. The molecule has 31 heavy (non-hydrogen) atoms. The lowest BCUT2D eigenvalue weighted by Crippen LogP contribution is -2.27. The molecule has 1 heterocycles. The molecule has 3 rings (SSSR count). The number of nitrogens with zero attached hydrogens (tertiary/aromatic N) is 2. The molecule has 1 atom stereocenters. The summed E-state index contributed by atoms with van der Waals surface area (Å²) in [7, 11) is 4.62. The van der Waals surface area contributed by atoms with Gasteiger partial charge in [-0.15, -0.1) is 0 Å². The Morgan fingerprint density at radius 1 is 1.06 bits per heavy atom. The van der Waals surface area contributed by atoms with E-state index in [0.29, 0.717) is 35.1 Å². The first-order valence-corrected chi connectivity index (χ1v) is 9.63. The maximum absolute atomic E-state index is 13.1. The summed E-state index contributed by atoms with van der Waals surface area (Å²) in [6.45, 7) is 1.75. The van der Waals surface area contributed by atoms with Crippen LogP contribution in [-0.4, -0.2) is 37.4 Å². The summed E-state index contributed by atoms with van der Waals surface area (Å²) in [6, 6.07) is 8.88. The van der Waals surface area contributed by atoms with Gasteiger partial charge in [-0.1, -0.05) is 11.2 Å². The zero-order chi connectivity index (χ0) is 22.4. The lowest BCUT2D eigenvalue weighted by atomic mass is 10.1. The molecule has 0 aliphatic heterocycles. The van der Waals surface area contributed by atoms with Crippen LogP contribution < -0.4 is 19.5 Å². The molecule has 0 saturated heterocycles. The van der Waals surface area contributed by atoms with Gasteiger partial charge in [0.2, 0.25) is 23.4 Å². The summed E-state index contributed by atoms with van der Waals surface area (Å²) < 4.78 is 34.4. The van der Waals surface area contributed by atoms with Gasteiger partial charge in [-0.05, 0) is 49.2 Å². The van der Waals surface area contributed by atoms with E-state index in [2.05, 4.69) is 15.5 Å². The standard InChI is InChI=1S/C22H24FN3O5/c1-13(22-25-21(26-31-22)15-5-9-16(23)10-6-15)24-18(27)12-8-14-7-11-17(28-2)20(30-4)19(14)29-3/h5-7,9-11,13H,8,12H2,1-4H3,(H,24,27). The molecule has 0 aliphatic carbocycles. The normalized spacial score (nSPS) is 11.6. The number of methoxy groups -OCH3 is 3. The Morgan fingerprint density at radius 3 is 2.42 bits per heavy atom. The van der Waals surface area contributed by atoms with Gasteiger partial charge < -0.3 is 24.1 Å². The van der Waals surface area contributed by atoms with Gasteiger partial charge in [0.1, 0.15) is 11.9 Å². The van der Waals surface area contributed by atoms with Crippen LogP contribution in [0.4, 0.5) is 4.39 Å². The highest BCUT2D eigenvalue weighted by molar-refractivity contribution is 5.76. The molecule has 0 aliphatic rings. The van der Waals surface area contributed by atoms with E-state index < -0.39 is 6.04 Å². The average molecular weight is 429 g/mol. The van der Waals surface area contributed by atoms with Crippen molar-refractivity contribution in [2.24, 2.45) is 0 Å². The molecule has 0 radical (unpaired) electrons. The number of halogens is 1. The van der Waals surface area contributed by atoms with Gasteiger partial charge >= 0.3 is 0 Å². The van der Waals surface area contributed by atoms with Crippen molar-refractivity contribution in [1.29, 1.82) is 0 Å². The third-order valence-corrected chi connectivity index (χ3v) is 4.70. The second-order valence-corrected chi connectivity index (χ2v) is 6.75. The van der Waals surface area contributed by atoms with Crippen LogP contribution in [0.2, 0.25) is 0 Å². The van der Waals surface area contributed by atoms with Crippen LogP contribution in [0.15, 0.2) is 40.9 Å². The zero-order valence-electron chi connectivity index (χ0n) is 17.8. The SMILES string of the molecule is COc1ccc(CCC(=O)NC(C)c2nc(-c3ccc(F)cc3)no2)c(OC)c1OC. The van der Waals surface area contributed by atoms with Crippen LogP contribution in [0.3, 0.4) is 0 Å². The van der Waals surface area contributed by atoms with Crippen molar-refractivity contribution in [3.05, 3.63) is 53.7 Å². The summed E-state index contributed by atoms with van der Waals surface area (Å²) in [4.78, 5) is 16.7. The predicted molar refractivity (Wildman–Crippen MR) is 111 cm³/mol. The minimum atomic E-state index is -0.485. The smallest absolute Gasteiger partial charge is 0.249 e. The first kappa shape index (κ1) is 22.1. The fraction of sp³-hybridized carbons (Fsp3) is 0.318. The zero-order valence-corrected chi connectivity index (χ0v) is 17.8. The van der Waals surface area contributed by atoms with Crippen LogP contribution in [0.25, 0.3) is 11.4 Å². The van der Waals surface area contributed by atoms with Crippen LogP contribution >= 0.6 is 0 Å². The maximum atomic E-state index is 13.1. The fourth-order valence-corrected chi connectivity index (χ4v) is 3.11. The Balaban J connectivity index is 1.62. The number of carbonyl (C=O) groups is 1. The van der Waals surface area contributed by atoms with E-state index >= 15 is 0 Å². The number of hydrogen-bond donors (Lipinski definition) is 1. The molecule has 1 unspecified atom stereocenters. The quantitative estimate of drug-likeness (QED) is 0.554. The number of aryl methyl sites for hydroxylation is 1. The van der Waals surface area contributed by atoms with Crippen LogP contribution in [0.5, 0.6) is 17.2 Å². The van der Waals surface area contributed by atoms with Crippen molar-refractivity contribution < 1.29 is 27.9 Å². The number of rotatable bonds is 9. The summed E-state index contributed by atoms with van der Waals surface area (Å²) in [6.07, 6.45) is 0.655. The highest BCUT2D eigenvalue weighted by Gasteiger charge is 2.19. The van der Waals surface area contributed by atoms with Crippen LogP contribution in [-0.2, 0) is 11.2 Å². The molecule has 1 aromatic heterocycles. The summed E-state index contributed by atoms with van der Waals surface area (Å²) in [5.41, 5.74) is 1.44. The number of nitrogens with one attached hydrogen (secondary N) is 1. The molecule has 0 spiro atoms. The van der Waals surface area contributed by atoms with Gasteiger partial charge in [-0.2, -0.15) is 4.98 Å². The topological polar surface area (TPSA) is 95.7 Å². The van der Waals surface area contributed by atoms with E-state index in [1.807, 2.05) is 6.07 Å². The molecule has 8 nitrogen and oxygen atoms in total. The molecule has 1 amide bonds. The van der Waals surface area contributed by atoms with Crippen molar-refractivity contribution in [2.75, 3.05) is 21.3 Å². The minimum Gasteiger partial charge on any atom is -0.493 e. The third kappa shape index (κ3) is 5.11. The molecular weight excluding hydrogens is 405 g/mol. The lowest BCUT2D eigenvalue weighted by molar-refractivity contribution is -0.121. The number of ether oxygens (including phenoxy) is 3. The summed E-state index contributed by atoms with van der Waals surface area (Å²) >= 11 is 0. The van der Waals surface area contributed by atoms with Gasteiger partial charge in [0.05, 0.1) is 21.3 Å². The Bertz CT molecular complexity index is 1040. The largest absolute Gasteiger partial charge is 0.493 e. The summed E-state index contributed by atoms with van der Waals surface area (Å²) in [5.74, 6) is 1.61. The average Bonchev–Trinajstić information content (AvgIpc) is 3.27. The highest BCUT2D eigenvalue weighted by Crippen LogP contribution is 2.40. The predicted octanol–water partition coefficient (Wildman–Crippen LogP) is 3.71. The Labute approximate surface area is 179 Å². The second kappa shape index (κ2) is 9.92. The van der Waals surface area contributed by atoms with Crippen molar-refractivity contribution in [3.8, 4) is 28.6 Å². The lowest BCUT2D eigenvalue weighted by Gasteiger charge is -2.16. The molecular formula is C22H24FN3O5. The maximum Gasteiger partial charge on any atom is 0.249 e. The molecule has 0 fully saturated rings. The number of benzene rings is 2. The molecule has 3 aromatic rings. The molecule has 2 aromatic carbocycles. The second-order valence-electron chi connectivity index (χ2n) is 6.75. The van der Waals surface area contributed by atoms with Crippen molar-refractivity contribution in [1.82, 2.24) is 15.5 Å². The molecule has 0 bridgehead atoms. The molecule has 9 heteroatoms. The van der Waals surface area contributed by atoms with Gasteiger partial charge in [0.15, 0.2) is 11.5 Å². The number of hydrogen-bond acceptors (Lipinski definition) is 7. The Hall–Kier alpha value is -3.62.